The average molecular weight is 374 g/mol. The maximum absolute atomic E-state index is 13.3. The molecule has 3 rings (SSSR count). The number of methoxy groups -OCH3 is 1. The number of rotatable bonds is 4. The summed E-state index contributed by atoms with van der Waals surface area (Å²) in [5.74, 6) is 0.535. The Hall–Kier alpha value is -2.40. The molecular formula is C20H24ClN3O2. The highest BCUT2D eigenvalue weighted by Gasteiger charge is 2.27. The summed E-state index contributed by atoms with van der Waals surface area (Å²) in [6, 6.07) is 13.2. The number of anilines is 2. The molecule has 0 radical (unpaired) electrons. The smallest absolute Gasteiger partial charge is 0.324 e. The van der Waals surface area contributed by atoms with Gasteiger partial charge in [0, 0.05) is 19.2 Å². The van der Waals surface area contributed by atoms with E-state index in [0.717, 1.165) is 31.5 Å². The molecule has 1 aliphatic rings. The zero-order valence-corrected chi connectivity index (χ0v) is 15.7. The van der Waals surface area contributed by atoms with Gasteiger partial charge in [-0.05, 0) is 30.9 Å². The Balaban J connectivity index is 1.99. The van der Waals surface area contributed by atoms with Gasteiger partial charge in [-0.2, -0.15) is 0 Å². The van der Waals surface area contributed by atoms with E-state index >= 15 is 0 Å². The second-order valence-corrected chi connectivity index (χ2v) is 6.85. The zero-order chi connectivity index (χ0) is 18.5. The Bertz CT molecular complexity index is 761. The highest BCUT2D eigenvalue weighted by atomic mass is 35.5. The Morgan fingerprint density at radius 3 is 2.54 bits per heavy atom. The molecular weight excluding hydrogens is 350 g/mol. The summed E-state index contributed by atoms with van der Waals surface area (Å²) < 4.78 is 5.49. The maximum atomic E-state index is 13.3. The first-order valence-electron chi connectivity index (χ1n) is 8.83. The number of nitrogens with zero attached hydrogens (tertiary/aromatic N) is 2. The van der Waals surface area contributed by atoms with Crippen LogP contribution in [0.5, 0.6) is 5.75 Å². The lowest BCUT2D eigenvalue weighted by Crippen LogP contribution is -2.45. The summed E-state index contributed by atoms with van der Waals surface area (Å²) in [5, 5.41) is 0.408. The molecule has 1 fully saturated rings. The Morgan fingerprint density at radius 1 is 1.19 bits per heavy atom. The molecule has 0 spiro atoms. The van der Waals surface area contributed by atoms with Gasteiger partial charge in [0.05, 0.1) is 30.1 Å². The number of ether oxygens (including phenoxy) is 1. The number of piperidine rings is 1. The Morgan fingerprint density at radius 2 is 1.88 bits per heavy atom. The molecule has 0 aromatic heterocycles. The van der Waals surface area contributed by atoms with Crippen LogP contribution in [0.15, 0.2) is 42.5 Å². The van der Waals surface area contributed by atoms with Crippen LogP contribution in [0, 0.1) is 0 Å². The van der Waals surface area contributed by atoms with Crippen LogP contribution >= 0.6 is 11.6 Å². The molecule has 2 aromatic carbocycles. The van der Waals surface area contributed by atoms with Crippen LogP contribution in [0.1, 0.15) is 24.8 Å². The standard InChI is InChI=1S/C20H24ClN3O2/c1-26-19-13-17(22)16(21)12-18(19)24(14-15-8-4-2-5-9-15)20(25)23-10-6-3-7-11-23/h2,4-5,8-9,12-13H,3,6-7,10-11,14,22H2,1H3. The van der Waals surface area contributed by atoms with Gasteiger partial charge in [-0.25, -0.2) is 4.79 Å². The van der Waals surface area contributed by atoms with Gasteiger partial charge >= 0.3 is 6.03 Å². The van der Waals surface area contributed by atoms with Gasteiger partial charge in [-0.15, -0.1) is 0 Å². The molecule has 0 saturated carbocycles. The van der Waals surface area contributed by atoms with Gasteiger partial charge in [0.15, 0.2) is 0 Å². The Kier molecular flexibility index (Phi) is 5.89. The minimum absolute atomic E-state index is 0.0345. The van der Waals surface area contributed by atoms with Gasteiger partial charge in [0.2, 0.25) is 0 Å². The number of halogens is 1. The predicted octanol–water partition coefficient (Wildman–Crippen LogP) is 4.54. The summed E-state index contributed by atoms with van der Waals surface area (Å²) in [6.07, 6.45) is 3.23. The quantitative estimate of drug-likeness (QED) is 0.800. The van der Waals surface area contributed by atoms with Crippen molar-refractivity contribution in [2.45, 2.75) is 25.8 Å². The van der Waals surface area contributed by atoms with E-state index in [1.165, 1.54) is 6.42 Å². The number of hydrogen-bond donors (Lipinski definition) is 1. The summed E-state index contributed by atoms with van der Waals surface area (Å²) in [4.78, 5) is 16.9. The number of amides is 2. The van der Waals surface area contributed by atoms with Crippen molar-refractivity contribution < 1.29 is 9.53 Å². The van der Waals surface area contributed by atoms with Crippen molar-refractivity contribution >= 4 is 29.0 Å². The number of likely N-dealkylation sites (tertiary alicyclic amines) is 1. The van der Waals surface area contributed by atoms with E-state index < -0.39 is 0 Å². The molecule has 0 atom stereocenters. The van der Waals surface area contributed by atoms with Crippen molar-refractivity contribution in [2.75, 3.05) is 30.8 Å². The monoisotopic (exact) mass is 373 g/mol. The minimum atomic E-state index is -0.0345. The first-order valence-corrected chi connectivity index (χ1v) is 9.21. The lowest BCUT2D eigenvalue weighted by Gasteiger charge is -2.34. The predicted molar refractivity (Wildman–Crippen MR) is 106 cm³/mol. The van der Waals surface area contributed by atoms with E-state index in [0.29, 0.717) is 28.7 Å². The summed E-state index contributed by atoms with van der Waals surface area (Å²) in [7, 11) is 1.57. The van der Waals surface area contributed by atoms with Crippen LogP contribution in [0.4, 0.5) is 16.2 Å². The summed E-state index contributed by atoms with van der Waals surface area (Å²) in [6.45, 7) is 1.98. The third kappa shape index (κ3) is 4.05. The lowest BCUT2D eigenvalue weighted by molar-refractivity contribution is 0.192. The summed E-state index contributed by atoms with van der Waals surface area (Å²) >= 11 is 6.25. The highest BCUT2D eigenvalue weighted by Crippen LogP contribution is 2.37. The molecule has 2 amide bonds. The fraction of sp³-hybridized carbons (Fsp3) is 0.350. The molecule has 1 saturated heterocycles. The number of nitrogen functional groups attached to an aromatic ring is 1. The SMILES string of the molecule is COc1cc(N)c(Cl)cc1N(Cc1ccccc1)C(=O)N1CCCCC1. The molecule has 2 N–H and O–H groups in total. The van der Waals surface area contributed by atoms with Crippen LogP contribution < -0.4 is 15.4 Å². The van der Waals surface area contributed by atoms with Crippen molar-refractivity contribution in [3.8, 4) is 5.75 Å². The third-order valence-electron chi connectivity index (χ3n) is 4.63. The van der Waals surface area contributed by atoms with Crippen molar-refractivity contribution in [3.63, 3.8) is 0 Å². The number of urea groups is 1. The van der Waals surface area contributed by atoms with Gasteiger partial charge < -0.3 is 15.4 Å². The lowest BCUT2D eigenvalue weighted by atomic mass is 10.1. The first-order chi connectivity index (χ1) is 12.6. The first kappa shape index (κ1) is 18.4. The molecule has 26 heavy (non-hydrogen) atoms. The largest absolute Gasteiger partial charge is 0.494 e. The van der Waals surface area contributed by atoms with E-state index in [1.807, 2.05) is 35.2 Å². The number of nitrogens with two attached hydrogens (primary N) is 1. The topological polar surface area (TPSA) is 58.8 Å². The molecule has 1 aliphatic heterocycles. The van der Waals surface area contributed by atoms with E-state index in [1.54, 1.807) is 24.1 Å². The van der Waals surface area contributed by atoms with Crippen LogP contribution in [-0.4, -0.2) is 31.1 Å². The van der Waals surface area contributed by atoms with Crippen molar-refractivity contribution in [1.29, 1.82) is 0 Å². The van der Waals surface area contributed by atoms with Crippen LogP contribution in [0.25, 0.3) is 0 Å². The van der Waals surface area contributed by atoms with E-state index in [9.17, 15) is 4.79 Å². The van der Waals surface area contributed by atoms with Gasteiger partial charge in [-0.1, -0.05) is 41.9 Å². The minimum Gasteiger partial charge on any atom is -0.494 e. The molecule has 0 bridgehead atoms. The molecule has 1 heterocycles. The summed E-state index contributed by atoms with van der Waals surface area (Å²) in [5.41, 5.74) is 8.00. The van der Waals surface area contributed by atoms with E-state index in [4.69, 9.17) is 22.1 Å². The van der Waals surface area contributed by atoms with Crippen LogP contribution in [0.2, 0.25) is 5.02 Å². The fourth-order valence-electron chi connectivity index (χ4n) is 3.21. The fourth-order valence-corrected chi connectivity index (χ4v) is 3.37. The maximum Gasteiger partial charge on any atom is 0.324 e. The number of carbonyl (C=O) groups excluding carboxylic acids is 1. The average Bonchev–Trinajstić information content (AvgIpc) is 2.69. The molecule has 2 aromatic rings. The number of hydrogen-bond acceptors (Lipinski definition) is 3. The molecule has 138 valence electrons. The molecule has 0 aliphatic carbocycles. The molecule has 5 nitrogen and oxygen atoms in total. The van der Waals surface area contributed by atoms with Crippen molar-refractivity contribution in [3.05, 3.63) is 53.1 Å². The highest BCUT2D eigenvalue weighted by molar-refractivity contribution is 6.33. The molecule has 0 unspecified atom stereocenters. The zero-order valence-electron chi connectivity index (χ0n) is 15.0. The molecule has 6 heteroatoms. The van der Waals surface area contributed by atoms with Gasteiger partial charge in [0.25, 0.3) is 0 Å². The third-order valence-corrected chi connectivity index (χ3v) is 4.96. The second-order valence-electron chi connectivity index (χ2n) is 6.45. The van der Waals surface area contributed by atoms with Crippen molar-refractivity contribution in [1.82, 2.24) is 4.90 Å². The number of benzene rings is 2. The Labute approximate surface area is 159 Å². The second kappa shape index (κ2) is 8.32. The van der Waals surface area contributed by atoms with E-state index in [-0.39, 0.29) is 6.03 Å². The van der Waals surface area contributed by atoms with Crippen LogP contribution in [-0.2, 0) is 6.54 Å². The van der Waals surface area contributed by atoms with Gasteiger partial charge in [0.1, 0.15) is 5.75 Å². The van der Waals surface area contributed by atoms with E-state index in [2.05, 4.69) is 0 Å². The van der Waals surface area contributed by atoms with Crippen LogP contribution in [0.3, 0.4) is 0 Å². The van der Waals surface area contributed by atoms with Crippen molar-refractivity contribution in [2.24, 2.45) is 0 Å². The number of carbonyl (C=O) groups is 1. The van der Waals surface area contributed by atoms with Gasteiger partial charge in [-0.3, -0.25) is 4.90 Å². The normalized spacial score (nSPS) is 14.2.